The molecule has 0 amide bonds. The summed E-state index contributed by atoms with van der Waals surface area (Å²) in [4.78, 5) is 2.45. The van der Waals surface area contributed by atoms with E-state index in [0.29, 0.717) is 0 Å². The van der Waals surface area contributed by atoms with Crippen LogP contribution in [0.3, 0.4) is 0 Å². The Kier molecular flexibility index (Phi) is 9.26. The van der Waals surface area contributed by atoms with Gasteiger partial charge in [-0.1, -0.05) is 200 Å². The number of nitrogens with zero attached hydrogens (tertiary/aromatic N) is 1. The van der Waals surface area contributed by atoms with Crippen molar-refractivity contribution in [1.82, 2.24) is 0 Å². The second-order valence-corrected chi connectivity index (χ2v) is 22.4. The summed E-state index contributed by atoms with van der Waals surface area (Å²) in [6, 6.07) is 92.2. The lowest BCUT2D eigenvalue weighted by Crippen LogP contribution is -2.47. The molecular formula is C74H47NO2S. The van der Waals surface area contributed by atoms with Gasteiger partial charge in [0, 0.05) is 59.8 Å². The zero-order valence-corrected chi connectivity index (χ0v) is 43.1. The molecule has 17 rings (SSSR count). The van der Waals surface area contributed by atoms with Crippen LogP contribution >= 0.6 is 11.3 Å². The highest BCUT2D eigenvalue weighted by atomic mass is 32.1. The summed E-state index contributed by atoms with van der Waals surface area (Å²) in [7, 11) is 0. The van der Waals surface area contributed by atoms with Crippen molar-refractivity contribution in [2.24, 2.45) is 5.92 Å². The Labute approximate surface area is 456 Å². The SMILES string of the molecule is C1=CC2Oc3ccccc3C3(c4ccccc4-c4c(-c5ccc(N(c6ccc(-c7cccc8sc9ccccc9c78)cc6)c6ccc7c(c6)C6(c8ccccc8Oc8ccccc86)c6ccccc6-7)cc5)cccc43)C2C=C1. The number of rotatable bonds is 5. The second kappa shape index (κ2) is 16.5. The van der Waals surface area contributed by atoms with Gasteiger partial charge >= 0.3 is 0 Å². The quantitative estimate of drug-likeness (QED) is 0.171. The van der Waals surface area contributed by atoms with Crippen LogP contribution < -0.4 is 14.4 Å². The monoisotopic (exact) mass is 1010 g/mol. The van der Waals surface area contributed by atoms with Crippen LogP contribution in [0.5, 0.6) is 17.2 Å². The summed E-state index contributed by atoms with van der Waals surface area (Å²) in [6.45, 7) is 0. The highest BCUT2D eigenvalue weighted by Crippen LogP contribution is 2.65. The van der Waals surface area contributed by atoms with Crippen LogP contribution in [0.2, 0.25) is 0 Å². The third-order valence-corrected chi connectivity index (χ3v) is 18.8. The minimum absolute atomic E-state index is 0.0808. The number of allylic oxidation sites excluding steroid dienone is 2. The van der Waals surface area contributed by atoms with Gasteiger partial charge in [0.15, 0.2) is 0 Å². The van der Waals surface area contributed by atoms with Crippen molar-refractivity contribution in [2.75, 3.05) is 4.90 Å². The summed E-state index contributed by atoms with van der Waals surface area (Å²) in [5, 5.41) is 2.61. The van der Waals surface area contributed by atoms with Gasteiger partial charge in [0.25, 0.3) is 0 Å². The van der Waals surface area contributed by atoms with E-state index in [9.17, 15) is 0 Å². The van der Waals surface area contributed by atoms with Crippen LogP contribution in [0.4, 0.5) is 17.1 Å². The predicted octanol–water partition coefficient (Wildman–Crippen LogP) is 19.1. The molecular weight excluding hydrogens is 967 g/mol. The molecule has 0 saturated carbocycles. The van der Waals surface area contributed by atoms with E-state index >= 15 is 0 Å². The number of benzene rings is 11. The van der Waals surface area contributed by atoms with Gasteiger partial charge < -0.3 is 14.4 Å². The average Bonchev–Trinajstić information content (AvgIpc) is 3.35. The van der Waals surface area contributed by atoms with E-state index in [2.05, 4.69) is 278 Å². The largest absolute Gasteiger partial charge is 0.485 e. The molecule has 366 valence electrons. The van der Waals surface area contributed by atoms with Crippen LogP contribution in [-0.2, 0) is 10.8 Å². The minimum atomic E-state index is -0.606. The summed E-state index contributed by atoms with van der Waals surface area (Å²) in [5.41, 5.74) is 20.8. The van der Waals surface area contributed by atoms with Gasteiger partial charge in [-0.2, -0.15) is 0 Å². The molecule has 12 aromatic rings. The molecule has 0 bridgehead atoms. The Morgan fingerprint density at radius 3 is 1.68 bits per heavy atom. The highest BCUT2D eigenvalue weighted by Gasteiger charge is 2.56. The fourth-order valence-electron chi connectivity index (χ4n) is 14.6. The second-order valence-electron chi connectivity index (χ2n) is 21.3. The van der Waals surface area contributed by atoms with E-state index < -0.39 is 10.8 Å². The molecule has 3 heterocycles. The van der Waals surface area contributed by atoms with Crippen molar-refractivity contribution in [1.29, 1.82) is 0 Å². The van der Waals surface area contributed by atoms with Gasteiger partial charge in [-0.3, -0.25) is 0 Å². The summed E-state index contributed by atoms with van der Waals surface area (Å²) in [5.74, 6) is 2.80. The van der Waals surface area contributed by atoms with Gasteiger partial charge in [-0.25, -0.2) is 0 Å². The molecule has 0 radical (unpaired) electrons. The van der Waals surface area contributed by atoms with E-state index in [1.54, 1.807) is 0 Å². The molecule has 4 heteroatoms. The van der Waals surface area contributed by atoms with Gasteiger partial charge in [-0.15, -0.1) is 11.3 Å². The molecule has 78 heavy (non-hydrogen) atoms. The molecule has 11 aromatic carbocycles. The fraction of sp³-hybridized carbons (Fsp3) is 0.0541. The van der Waals surface area contributed by atoms with E-state index in [1.807, 2.05) is 11.3 Å². The number of ether oxygens (including phenoxy) is 2. The van der Waals surface area contributed by atoms with Gasteiger partial charge in [0.1, 0.15) is 23.4 Å². The third kappa shape index (κ3) is 5.87. The van der Waals surface area contributed by atoms with E-state index in [-0.39, 0.29) is 12.0 Å². The zero-order chi connectivity index (χ0) is 51.1. The maximum Gasteiger partial charge on any atom is 0.132 e. The predicted molar refractivity (Wildman–Crippen MR) is 320 cm³/mol. The maximum absolute atomic E-state index is 6.79. The van der Waals surface area contributed by atoms with Crippen LogP contribution in [0.1, 0.15) is 38.9 Å². The number of para-hydroxylation sites is 3. The van der Waals surface area contributed by atoms with Crippen molar-refractivity contribution in [3.8, 4) is 61.8 Å². The first-order valence-electron chi connectivity index (χ1n) is 27.0. The Bertz CT molecular complexity index is 4500. The lowest BCUT2D eigenvalue weighted by Gasteiger charge is -2.47. The first-order chi connectivity index (χ1) is 38.7. The average molecular weight is 1010 g/mol. The summed E-state index contributed by atoms with van der Waals surface area (Å²) < 4.78 is 16.2. The van der Waals surface area contributed by atoms with Crippen LogP contribution in [-0.4, -0.2) is 6.10 Å². The van der Waals surface area contributed by atoms with Crippen molar-refractivity contribution >= 4 is 48.6 Å². The zero-order valence-electron chi connectivity index (χ0n) is 42.3. The van der Waals surface area contributed by atoms with Gasteiger partial charge in [0.2, 0.25) is 0 Å². The first-order valence-corrected chi connectivity index (χ1v) is 27.9. The Morgan fingerprint density at radius 2 is 0.910 bits per heavy atom. The van der Waals surface area contributed by atoms with E-state index in [0.717, 1.165) is 45.4 Å². The number of thiophene rings is 1. The van der Waals surface area contributed by atoms with Crippen molar-refractivity contribution in [2.45, 2.75) is 16.9 Å². The molecule has 3 atom stereocenters. The van der Waals surface area contributed by atoms with Crippen molar-refractivity contribution in [3.05, 3.63) is 312 Å². The lowest BCUT2D eigenvalue weighted by atomic mass is 9.60. The third-order valence-electron chi connectivity index (χ3n) is 17.6. The number of anilines is 3. The molecule has 0 N–H and O–H groups in total. The molecule has 5 aliphatic rings. The number of hydrogen-bond acceptors (Lipinski definition) is 4. The van der Waals surface area contributed by atoms with Crippen LogP contribution in [0.25, 0.3) is 64.7 Å². The highest BCUT2D eigenvalue weighted by molar-refractivity contribution is 7.25. The lowest BCUT2D eigenvalue weighted by molar-refractivity contribution is 0.141. The molecule has 3 unspecified atom stereocenters. The van der Waals surface area contributed by atoms with Crippen molar-refractivity contribution < 1.29 is 9.47 Å². The molecule has 2 spiro atoms. The Balaban J connectivity index is 0.851. The molecule has 1 aromatic heterocycles. The summed E-state index contributed by atoms with van der Waals surface area (Å²) >= 11 is 1.86. The molecule has 3 nitrogen and oxygen atoms in total. The van der Waals surface area contributed by atoms with E-state index in [4.69, 9.17) is 9.47 Å². The van der Waals surface area contributed by atoms with Crippen molar-refractivity contribution in [3.63, 3.8) is 0 Å². The number of hydrogen-bond donors (Lipinski definition) is 0. The molecule has 3 aliphatic carbocycles. The smallest absolute Gasteiger partial charge is 0.132 e. The maximum atomic E-state index is 6.79. The molecule has 0 fully saturated rings. The fourth-order valence-corrected chi connectivity index (χ4v) is 15.7. The van der Waals surface area contributed by atoms with Crippen LogP contribution in [0.15, 0.2) is 273 Å². The normalized spacial score (nSPS) is 18.0. The Morgan fingerprint density at radius 1 is 0.372 bits per heavy atom. The van der Waals surface area contributed by atoms with Gasteiger partial charge in [0.05, 0.1) is 10.8 Å². The van der Waals surface area contributed by atoms with E-state index in [1.165, 1.54) is 92.5 Å². The first kappa shape index (κ1) is 43.7. The molecule has 2 aliphatic heterocycles. The summed E-state index contributed by atoms with van der Waals surface area (Å²) in [6.07, 6.45) is 8.86. The standard InChI is InChI=1S/C74H47NO2S/c1-4-22-57-53(17-1)54-44-43-50(45-64(54)74(57)61-26-8-12-31-67(61)77-68-32-13-9-27-62(68)74)75(49-41-37-47(38-42-49)52-21-16-34-70-72(52)56-19-3-14-33-69(56)78-70)48-39-35-46(36-40-48)51-20-15-28-63-71(51)55-18-2-5-23-58(55)73(63)59-24-6-10-29-65(59)76-66-30-11-7-25-60(66)73/h1-45,59,65H. The van der Waals surface area contributed by atoms with Gasteiger partial charge in [-0.05, 0) is 140 Å². The minimum Gasteiger partial charge on any atom is -0.485 e. The number of fused-ring (bicyclic) bond motifs is 21. The molecule has 0 saturated heterocycles. The topological polar surface area (TPSA) is 21.7 Å². The Hall–Kier alpha value is -9.48. The van der Waals surface area contributed by atoms with Crippen LogP contribution in [0, 0.1) is 5.92 Å².